The van der Waals surface area contributed by atoms with E-state index in [4.69, 9.17) is 11.6 Å². The van der Waals surface area contributed by atoms with Gasteiger partial charge in [0.2, 0.25) is 0 Å². The zero-order valence-electron chi connectivity index (χ0n) is 10.4. The summed E-state index contributed by atoms with van der Waals surface area (Å²) in [5.41, 5.74) is 1.10. The predicted octanol–water partition coefficient (Wildman–Crippen LogP) is 2.34. The Balaban J connectivity index is 2.02. The van der Waals surface area contributed by atoms with Crippen molar-refractivity contribution in [2.24, 2.45) is 0 Å². The van der Waals surface area contributed by atoms with Crippen molar-refractivity contribution in [3.05, 3.63) is 16.7 Å². The molecule has 6 heteroatoms. The van der Waals surface area contributed by atoms with Gasteiger partial charge in [0.15, 0.2) is 15.0 Å². The maximum absolute atomic E-state index is 11.6. The molecule has 0 aliphatic carbocycles. The smallest absolute Gasteiger partial charge is 0.151 e. The fourth-order valence-electron chi connectivity index (χ4n) is 3.16. The van der Waals surface area contributed by atoms with Crippen LogP contribution in [-0.2, 0) is 16.4 Å². The Labute approximate surface area is 112 Å². The van der Waals surface area contributed by atoms with Crippen LogP contribution >= 0.6 is 11.6 Å². The van der Waals surface area contributed by atoms with Crippen LogP contribution in [0.4, 0.5) is 0 Å². The second kappa shape index (κ2) is 4.23. The molecule has 2 aliphatic rings. The number of halogens is 1. The van der Waals surface area contributed by atoms with Gasteiger partial charge in [-0.2, -0.15) is 0 Å². The van der Waals surface area contributed by atoms with Crippen LogP contribution in [0.15, 0.2) is 0 Å². The lowest BCUT2D eigenvalue weighted by Gasteiger charge is -2.23. The second-order valence-electron chi connectivity index (χ2n) is 5.44. The zero-order valence-corrected chi connectivity index (χ0v) is 12.0. The molecule has 2 aliphatic heterocycles. The summed E-state index contributed by atoms with van der Waals surface area (Å²) in [6.45, 7) is 3.08. The van der Waals surface area contributed by atoms with Crippen molar-refractivity contribution in [1.82, 2.24) is 9.55 Å². The standard InChI is InChI=1S/C12H17ClN2O2S/c1-8-3-2-5-15-10(8)11(13)14-12(15)9-4-6-18(16,17)7-9/h8-9H,2-7H2,1H3. The number of imidazole rings is 1. The van der Waals surface area contributed by atoms with Gasteiger partial charge in [0.1, 0.15) is 5.82 Å². The lowest BCUT2D eigenvalue weighted by molar-refractivity contribution is 0.454. The number of aromatic nitrogens is 2. The van der Waals surface area contributed by atoms with Crippen LogP contribution in [0.25, 0.3) is 0 Å². The van der Waals surface area contributed by atoms with E-state index in [0.717, 1.165) is 30.9 Å². The van der Waals surface area contributed by atoms with Gasteiger partial charge >= 0.3 is 0 Å². The first-order valence-electron chi connectivity index (χ1n) is 6.44. The molecule has 0 radical (unpaired) electrons. The summed E-state index contributed by atoms with van der Waals surface area (Å²) in [7, 11) is -2.87. The molecule has 0 N–H and O–H groups in total. The molecule has 18 heavy (non-hydrogen) atoms. The largest absolute Gasteiger partial charge is 0.330 e. The van der Waals surface area contributed by atoms with Crippen LogP contribution < -0.4 is 0 Å². The fourth-order valence-corrected chi connectivity index (χ4v) is 5.27. The molecule has 0 saturated carbocycles. The molecule has 0 amide bonds. The van der Waals surface area contributed by atoms with Crippen LogP contribution in [0.5, 0.6) is 0 Å². The molecule has 1 aromatic rings. The number of hydrogen-bond acceptors (Lipinski definition) is 3. The molecule has 3 heterocycles. The van der Waals surface area contributed by atoms with Gasteiger partial charge in [0.25, 0.3) is 0 Å². The van der Waals surface area contributed by atoms with Gasteiger partial charge in [-0.3, -0.25) is 0 Å². The van der Waals surface area contributed by atoms with E-state index in [9.17, 15) is 8.42 Å². The van der Waals surface area contributed by atoms with Gasteiger partial charge in [-0.15, -0.1) is 0 Å². The van der Waals surface area contributed by atoms with Gasteiger partial charge in [0.05, 0.1) is 17.2 Å². The molecule has 1 saturated heterocycles. The molecule has 0 aromatic carbocycles. The number of rotatable bonds is 1. The van der Waals surface area contributed by atoms with E-state index in [0.29, 0.717) is 17.5 Å². The highest BCUT2D eigenvalue weighted by atomic mass is 35.5. The number of sulfone groups is 1. The number of nitrogens with zero attached hydrogens (tertiary/aromatic N) is 2. The van der Waals surface area contributed by atoms with E-state index >= 15 is 0 Å². The van der Waals surface area contributed by atoms with Crippen molar-refractivity contribution in [2.75, 3.05) is 11.5 Å². The molecule has 4 nitrogen and oxygen atoms in total. The molecule has 100 valence electrons. The first-order valence-corrected chi connectivity index (χ1v) is 8.64. The highest BCUT2D eigenvalue weighted by molar-refractivity contribution is 7.91. The van der Waals surface area contributed by atoms with Gasteiger partial charge in [-0.05, 0) is 25.2 Å². The van der Waals surface area contributed by atoms with Crippen molar-refractivity contribution in [3.63, 3.8) is 0 Å². The lowest BCUT2D eigenvalue weighted by atomic mass is 9.98. The normalized spacial score (nSPS) is 30.3. The van der Waals surface area contributed by atoms with Gasteiger partial charge in [0, 0.05) is 12.5 Å². The molecule has 0 spiro atoms. The monoisotopic (exact) mass is 288 g/mol. The van der Waals surface area contributed by atoms with E-state index < -0.39 is 9.84 Å². The number of hydrogen-bond donors (Lipinski definition) is 0. The van der Waals surface area contributed by atoms with Crippen LogP contribution in [0.1, 0.15) is 49.5 Å². The van der Waals surface area contributed by atoms with E-state index in [2.05, 4.69) is 16.5 Å². The summed E-state index contributed by atoms with van der Waals surface area (Å²) in [6.07, 6.45) is 2.94. The van der Waals surface area contributed by atoms with E-state index in [1.165, 1.54) is 0 Å². The van der Waals surface area contributed by atoms with Crippen molar-refractivity contribution < 1.29 is 8.42 Å². The maximum atomic E-state index is 11.6. The fraction of sp³-hybridized carbons (Fsp3) is 0.750. The van der Waals surface area contributed by atoms with Gasteiger partial charge in [-0.1, -0.05) is 18.5 Å². The highest BCUT2D eigenvalue weighted by Crippen LogP contribution is 2.37. The third-order valence-corrected chi connectivity index (χ3v) is 6.12. The molecule has 1 fully saturated rings. The first kappa shape index (κ1) is 12.5. The summed E-state index contributed by atoms with van der Waals surface area (Å²) in [4.78, 5) is 4.45. The molecular formula is C12H17ClN2O2S. The predicted molar refractivity (Wildman–Crippen MR) is 70.9 cm³/mol. The van der Waals surface area contributed by atoms with Gasteiger partial charge in [-0.25, -0.2) is 13.4 Å². The Kier molecular flexibility index (Phi) is 2.94. The van der Waals surface area contributed by atoms with Crippen molar-refractivity contribution in [2.45, 2.75) is 44.6 Å². The topological polar surface area (TPSA) is 52.0 Å². The summed E-state index contributed by atoms with van der Waals surface area (Å²) >= 11 is 6.23. The molecular weight excluding hydrogens is 272 g/mol. The summed E-state index contributed by atoms with van der Waals surface area (Å²) in [6, 6.07) is 0. The number of fused-ring (bicyclic) bond motifs is 1. The Hall–Kier alpha value is -0.550. The van der Waals surface area contributed by atoms with E-state index in [1.807, 2.05) is 0 Å². The lowest BCUT2D eigenvalue weighted by Crippen LogP contribution is -2.18. The molecule has 2 unspecified atom stereocenters. The van der Waals surface area contributed by atoms with Crippen molar-refractivity contribution in [1.29, 1.82) is 0 Å². The average molecular weight is 289 g/mol. The molecule has 2 atom stereocenters. The van der Waals surface area contributed by atoms with Crippen molar-refractivity contribution in [3.8, 4) is 0 Å². The Bertz CT molecular complexity index is 579. The zero-order chi connectivity index (χ0) is 12.9. The summed E-state index contributed by atoms with van der Waals surface area (Å²) in [5.74, 6) is 1.86. The minimum Gasteiger partial charge on any atom is -0.330 e. The molecule has 0 bridgehead atoms. The van der Waals surface area contributed by atoms with Crippen LogP contribution in [0.2, 0.25) is 5.15 Å². The molecule has 1 aromatic heterocycles. The van der Waals surface area contributed by atoms with Crippen LogP contribution in [-0.4, -0.2) is 29.5 Å². The SMILES string of the molecule is CC1CCCn2c(C3CCS(=O)(=O)C3)nc(Cl)c21. The van der Waals surface area contributed by atoms with Gasteiger partial charge < -0.3 is 4.57 Å². The Morgan fingerprint density at radius 3 is 2.83 bits per heavy atom. The Morgan fingerprint density at radius 1 is 1.39 bits per heavy atom. The summed E-state index contributed by atoms with van der Waals surface area (Å²) < 4.78 is 25.3. The van der Waals surface area contributed by atoms with Crippen LogP contribution in [0.3, 0.4) is 0 Å². The highest BCUT2D eigenvalue weighted by Gasteiger charge is 2.35. The second-order valence-corrected chi connectivity index (χ2v) is 8.03. The summed E-state index contributed by atoms with van der Waals surface area (Å²) in [5, 5.41) is 0.571. The van der Waals surface area contributed by atoms with E-state index in [1.54, 1.807) is 0 Å². The van der Waals surface area contributed by atoms with Crippen molar-refractivity contribution >= 4 is 21.4 Å². The molecule has 3 rings (SSSR count). The van der Waals surface area contributed by atoms with E-state index in [-0.39, 0.29) is 17.4 Å². The minimum absolute atomic E-state index is 0.0338. The maximum Gasteiger partial charge on any atom is 0.151 e. The Morgan fingerprint density at radius 2 is 2.17 bits per heavy atom. The van der Waals surface area contributed by atoms with Crippen LogP contribution in [0, 0.1) is 0 Å². The quantitative estimate of drug-likeness (QED) is 0.797. The first-order chi connectivity index (χ1) is 8.48. The average Bonchev–Trinajstić information content (AvgIpc) is 2.81. The third-order valence-electron chi connectivity index (χ3n) is 4.07. The third kappa shape index (κ3) is 1.97. The minimum atomic E-state index is -2.87.